The number of benzene rings is 2. The van der Waals surface area contributed by atoms with Crippen molar-refractivity contribution in [1.82, 2.24) is 14.5 Å². The Bertz CT molecular complexity index is 1750. The van der Waals surface area contributed by atoms with Crippen molar-refractivity contribution >= 4 is 61.9 Å². The Hall–Kier alpha value is -4.83. The molecule has 3 aromatic heterocycles. The smallest absolute Gasteiger partial charge is 0.407 e. The molecule has 0 aliphatic rings. The highest BCUT2D eigenvalue weighted by molar-refractivity contribution is 7.18. The number of hydrogen-bond acceptors (Lipinski definition) is 6. The minimum Gasteiger partial charge on any atom is -0.495 e. The van der Waals surface area contributed by atoms with Gasteiger partial charge in [-0.05, 0) is 35.2 Å². The van der Waals surface area contributed by atoms with Crippen molar-refractivity contribution in [3.8, 4) is 16.9 Å². The van der Waals surface area contributed by atoms with Gasteiger partial charge < -0.3 is 30.4 Å². The highest BCUT2D eigenvalue weighted by atomic mass is 32.1. The van der Waals surface area contributed by atoms with Gasteiger partial charge in [-0.2, -0.15) is 0 Å². The fourth-order valence-corrected chi connectivity index (χ4v) is 5.57. The van der Waals surface area contributed by atoms with Gasteiger partial charge in [-0.3, -0.25) is 4.79 Å². The Kier molecular flexibility index (Phi) is 6.95. The van der Waals surface area contributed by atoms with Gasteiger partial charge in [-0.1, -0.05) is 36.4 Å². The molecule has 0 atom stereocenters. The zero-order valence-corrected chi connectivity index (χ0v) is 22.5. The molecule has 5 rings (SSSR count). The van der Waals surface area contributed by atoms with Crippen LogP contribution in [0.5, 0.6) is 5.75 Å². The molecular weight excluding hydrogens is 514 g/mol. The SMILES string of the molecule is COc1cc(-c2csc3c(C=CCN(C)C(=O)O)cnc(N)c23)ccc1NC(=O)c1cc2ccccc2n1C. The third-order valence-electron chi connectivity index (χ3n) is 6.60. The van der Waals surface area contributed by atoms with E-state index in [-0.39, 0.29) is 12.5 Å². The zero-order chi connectivity index (χ0) is 27.7. The van der Waals surface area contributed by atoms with Gasteiger partial charge in [-0.15, -0.1) is 11.3 Å². The molecule has 4 N–H and O–H groups in total. The van der Waals surface area contributed by atoms with E-state index in [2.05, 4.69) is 10.3 Å². The number of aromatic nitrogens is 2. The number of nitrogens with zero attached hydrogens (tertiary/aromatic N) is 3. The first-order valence-electron chi connectivity index (χ1n) is 12.1. The number of aryl methyl sites for hydroxylation is 1. The van der Waals surface area contributed by atoms with E-state index in [0.717, 1.165) is 37.7 Å². The van der Waals surface area contributed by atoms with Crippen molar-refractivity contribution in [2.24, 2.45) is 7.05 Å². The van der Waals surface area contributed by atoms with Crippen molar-refractivity contribution in [1.29, 1.82) is 0 Å². The highest BCUT2D eigenvalue weighted by Gasteiger charge is 2.18. The first-order valence-corrected chi connectivity index (χ1v) is 13.0. The summed E-state index contributed by atoms with van der Waals surface area (Å²) in [5, 5.41) is 15.8. The number of ether oxygens (including phenoxy) is 1. The molecule has 0 spiro atoms. The quantitative estimate of drug-likeness (QED) is 0.235. The van der Waals surface area contributed by atoms with Crippen LogP contribution in [0.3, 0.4) is 0 Å². The lowest BCUT2D eigenvalue weighted by Crippen LogP contribution is -2.24. The number of methoxy groups -OCH3 is 1. The number of anilines is 2. The molecule has 2 amide bonds. The van der Waals surface area contributed by atoms with Gasteiger partial charge in [0.25, 0.3) is 5.91 Å². The average molecular weight is 542 g/mol. The Balaban J connectivity index is 1.45. The number of para-hydroxylation sites is 1. The van der Waals surface area contributed by atoms with Crippen LogP contribution in [0.1, 0.15) is 16.1 Å². The predicted octanol–water partition coefficient (Wildman–Crippen LogP) is 5.92. The lowest BCUT2D eigenvalue weighted by atomic mass is 10.0. The van der Waals surface area contributed by atoms with E-state index < -0.39 is 6.09 Å². The Labute approximate surface area is 228 Å². The zero-order valence-electron chi connectivity index (χ0n) is 21.6. The summed E-state index contributed by atoms with van der Waals surface area (Å²) in [7, 11) is 4.93. The monoisotopic (exact) mass is 541 g/mol. The summed E-state index contributed by atoms with van der Waals surface area (Å²) in [6, 6.07) is 15.3. The lowest BCUT2D eigenvalue weighted by molar-refractivity contribution is 0.101. The number of amides is 2. The molecule has 0 saturated carbocycles. The van der Waals surface area contributed by atoms with E-state index in [9.17, 15) is 9.59 Å². The summed E-state index contributed by atoms with van der Waals surface area (Å²) in [4.78, 5) is 29.8. The largest absolute Gasteiger partial charge is 0.495 e. The van der Waals surface area contributed by atoms with Crippen LogP contribution in [-0.2, 0) is 7.05 Å². The second-order valence-corrected chi connectivity index (χ2v) is 9.91. The first kappa shape index (κ1) is 25.8. The molecule has 10 heteroatoms. The maximum Gasteiger partial charge on any atom is 0.407 e. The number of fused-ring (bicyclic) bond motifs is 2. The van der Waals surface area contributed by atoms with Gasteiger partial charge >= 0.3 is 6.09 Å². The molecular formula is C29H27N5O4S. The number of carbonyl (C=O) groups excluding carboxylic acids is 1. The number of pyridine rings is 1. The van der Waals surface area contributed by atoms with Crippen LogP contribution >= 0.6 is 11.3 Å². The summed E-state index contributed by atoms with van der Waals surface area (Å²) in [5.74, 6) is 0.672. The standard InChI is InChI=1S/C29H27N5O4S/c1-33(29(36)37)12-6-8-19-15-31-27(30)25-20(16-39-26(19)25)17-10-11-21(24(14-17)38-3)32-28(35)23-13-18-7-4-5-9-22(18)34(23)2/h4-11,13-16H,12H2,1-3H3,(H2,30,31)(H,32,35)(H,36,37). The number of hydrogen-bond donors (Lipinski definition) is 3. The Morgan fingerprint density at radius 3 is 2.77 bits per heavy atom. The van der Waals surface area contributed by atoms with Gasteiger partial charge in [0.2, 0.25) is 0 Å². The first-order chi connectivity index (χ1) is 18.8. The van der Waals surface area contributed by atoms with Crippen molar-refractivity contribution in [3.05, 3.63) is 77.4 Å². The lowest BCUT2D eigenvalue weighted by Gasteiger charge is -2.13. The number of nitrogens with one attached hydrogen (secondary N) is 1. The van der Waals surface area contributed by atoms with E-state index in [1.807, 2.05) is 71.6 Å². The van der Waals surface area contributed by atoms with Gasteiger partial charge in [-0.25, -0.2) is 9.78 Å². The summed E-state index contributed by atoms with van der Waals surface area (Å²) in [6.45, 7) is 0.253. The molecule has 0 fully saturated rings. The molecule has 3 heterocycles. The average Bonchev–Trinajstić information content (AvgIpc) is 3.53. The van der Waals surface area contributed by atoms with Crippen LogP contribution in [0.15, 0.2) is 66.2 Å². The molecule has 0 radical (unpaired) electrons. The molecule has 0 bridgehead atoms. The molecule has 0 saturated heterocycles. The van der Waals surface area contributed by atoms with Crippen molar-refractivity contribution < 1.29 is 19.4 Å². The van der Waals surface area contributed by atoms with E-state index in [1.54, 1.807) is 19.4 Å². The van der Waals surface area contributed by atoms with Gasteiger partial charge in [0.1, 0.15) is 17.3 Å². The number of thiophene rings is 1. The van der Waals surface area contributed by atoms with Crippen molar-refractivity contribution in [2.45, 2.75) is 0 Å². The van der Waals surface area contributed by atoms with E-state index in [1.165, 1.54) is 23.3 Å². The van der Waals surface area contributed by atoms with Crippen LogP contribution in [0.25, 0.3) is 38.2 Å². The Morgan fingerprint density at radius 1 is 1.23 bits per heavy atom. The molecule has 0 aliphatic carbocycles. The fraction of sp³-hybridized carbons (Fsp3) is 0.138. The van der Waals surface area contributed by atoms with E-state index >= 15 is 0 Å². The number of rotatable bonds is 7. The minimum atomic E-state index is -0.996. The highest BCUT2D eigenvalue weighted by Crippen LogP contribution is 2.41. The van der Waals surface area contributed by atoms with E-state index in [0.29, 0.717) is 22.9 Å². The van der Waals surface area contributed by atoms with E-state index in [4.69, 9.17) is 15.6 Å². The molecule has 2 aromatic carbocycles. The summed E-state index contributed by atoms with van der Waals surface area (Å²) >= 11 is 1.53. The molecule has 9 nitrogen and oxygen atoms in total. The van der Waals surface area contributed by atoms with Crippen molar-refractivity contribution in [3.63, 3.8) is 0 Å². The van der Waals surface area contributed by atoms with Crippen LogP contribution in [-0.4, -0.2) is 52.3 Å². The number of likely N-dealkylation sites (N-methyl/N-ethyl adjacent to an activating group) is 1. The Morgan fingerprint density at radius 2 is 2.03 bits per heavy atom. The summed E-state index contributed by atoms with van der Waals surface area (Å²) in [6.07, 6.45) is 4.31. The van der Waals surface area contributed by atoms with Gasteiger partial charge in [0.05, 0.1) is 12.8 Å². The molecule has 0 unspecified atom stereocenters. The molecule has 39 heavy (non-hydrogen) atoms. The van der Waals surface area contributed by atoms with Crippen LogP contribution in [0.2, 0.25) is 0 Å². The normalized spacial score (nSPS) is 11.4. The molecule has 5 aromatic rings. The predicted molar refractivity (Wildman–Crippen MR) is 157 cm³/mol. The van der Waals surface area contributed by atoms with Gasteiger partial charge in [0, 0.05) is 59.0 Å². The number of carboxylic acid groups (broad SMARTS) is 1. The maximum atomic E-state index is 13.2. The van der Waals surface area contributed by atoms with Crippen molar-refractivity contribution in [2.75, 3.05) is 31.8 Å². The summed E-state index contributed by atoms with van der Waals surface area (Å²) in [5.41, 5.74) is 11.0. The topological polar surface area (TPSA) is 123 Å². The third kappa shape index (κ3) is 4.89. The second kappa shape index (κ2) is 10.5. The molecule has 0 aliphatic heterocycles. The number of carbonyl (C=O) groups is 2. The van der Waals surface area contributed by atoms with Crippen LogP contribution < -0.4 is 15.8 Å². The third-order valence-corrected chi connectivity index (χ3v) is 7.63. The summed E-state index contributed by atoms with van der Waals surface area (Å²) < 4.78 is 8.45. The number of nitrogen functional groups attached to an aromatic ring is 1. The second-order valence-electron chi connectivity index (χ2n) is 9.03. The molecule has 198 valence electrons. The number of nitrogens with two attached hydrogens (primary N) is 1. The van der Waals surface area contributed by atoms with Crippen LogP contribution in [0.4, 0.5) is 16.3 Å². The minimum absolute atomic E-state index is 0.237. The fourth-order valence-electron chi connectivity index (χ4n) is 4.49. The van der Waals surface area contributed by atoms with Crippen LogP contribution in [0, 0.1) is 0 Å². The maximum absolute atomic E-state index is 13.2. The van der Waals surface area contributed by atoms with Gasteiger partial charge in [0.15, 0.2) is 0 Å².